The Balaban J connectivity index is 2.04. The van der Waals surface area contributed by atoms with E-state index in [0.29, 0.717) is 28.3 Å². The maximum Gasteiger partial charge on any atom is 0.263 e. The highest BCUT2D eigenvalue weighted by atomic mass is 35.5. The molecule has 7 heteroatoms. The molecule has 0 aliphatic carbocycles. The number of hydrogen-bond acceptors (Lipinski definition) is 4. The number of fused-ring (bicyclic) bond motifs is 1. The number of likely N-dealkylation sites (N-methyl/N-ethyl adjacent to an activating group) is 1. The van der Waals surface area contributed by atoms with Crippen molar-refractivity contribution >= 4 is 39.1 Å². The quantitative estimate of drug-likeness (QED) is 0.684. The van der Waals surface area contributed by atoms with Crippen molar-refractivity contribution in [3.63, 3.8) is 0 Å². The molecule has 1 aromatic carbocycles. The van der Waals surface area contributed by atoms with Crippen molar-refractivity contribution in [2.75, 3.05) is 13.1 Å². The van der Waals surface area contributed by atoms with Gasteiger partial charge in [-0.3, -0.25) is 14.2 Å². The molecule has 0 atom stereocenters. The third-order valence-electron chi connectivity index (χ3n) is 4.14. The van der Waals surface area contributed by atoms with Gasteiger partial charge >= 0.3 is 0 Å². The molecule has 1 amide bonds. The van der Waals surface area contributed by atoms with Crippen LogP contribution < -0.4 is 5.56 Å². The van der Waals surface area contributed by atoms with E-state index in [1.807, 2.05) is 31.4 Å². The molecular weight excluding hydrogens is 358 g/mol. The van der Waals surface area contributed by atoms with Crippen molar-refractivity contribution in [1.82, 2.24) is 14.5 Å². The average molecular weight is 376 g/mol. The number of thiophene rings is 1. The molecule has 3 aromatic rings. The Bertz CT molecular complexity index is 959. The van der Waals surface area contributed by atoms with Crippen molar-refractivity contribution in [2.45, 2.75) is 20.4 Å². The molecule has 0 spiro atoms. The zero-order valence-electron chi connectivity index (χ0n) is 14.0. The third-order valence-corrected chi connectivity index (χ3v) is 5.28. The topological polar surface area (TPSA) is 55.2 Å². The van der Waals surface area contributed by atoms with E-state index in [2.05, 4.69) is 4.98 Å². The lowest BCUT2D eigenvalue weighted by Crippen LogP contribution is -2.36. The van der Waals surface area contributed by atoms with E-state index in [1.54, 1.807) is 17.0 Å². The molecule has 0 aliphatic heterocycles. The van der Waals surface area contributed by atoms with Gasteiger partial charge in [0.25, 0.3) is 5.56 Å². The highest BCUT2D eigenvalue weighted by Gasteiger charge is 2.16. The van der Waals surface area contributed by atoms with Crippen LogP contribution in [0.4, 0.5) is 0 Å². The number of rotatable bonds is 5. The number of halogens is 1. The molecule has 130 valence electrons. The molecule has 3 rings (SSSR count). The predicted octanol–water partition coefficient (Wildman–Crippen LogP) is 3.65. The van der Waals surface area contributed by atoms with E-state index in [0.717, 1.165) is 11.1 Å². The fourth-order valence-electron chi connectivity index (χ4n) is 2.74. The van der Waals surface area contributed by atoms with E-state index in [9.17, 15) is 9.59 Å². The molecule has 25 heavy (non-hydrogen) atoms. The first-order chi connectivity index (χ1) is 12.0. The summed E-state index contributed by atoms with van der Waals surface area (Å²) in [5.74, 6) is -0.0866. The zero-order chi connectivity index (χ0) is 18.0. The van der Waals surface area contributed by atoms with E-state index in [-0.39, 0.29) is 18.0 Å². The number of carbonyl (C=O) groups is 1. The average Bonchev–Trinajstić information content (AvgIpc) is 3.04. The fourth-order valence-corrected chi connectivity index (χ4v) is 3.78. The van der Waals surface area contributed by atoms with Crippen LogP contribution in [0.2, 0.25) is 5.02 Å². The molecule has 5 nitrogen and oxygen atoms in total. The molecule has 0 saturated heterocycles. The Morgan fingerprint density at radius 2 is 1.92 bits per heavy atom. The summed E-state index contributed by atoms with van der Waals surface area (Å²) in [5.41, 5.74) is 1.53. The SMILES string of the molecule is CCN(CC)C(=O)Cn1cnc2scc(-c3ccc(Cl)cc3)c2c1=O. The molecular formula is C18H18ClN3O2S. The Kier molecular flexibility index (Phi) is 5.20. The summed E-state index contributed by atoms with van der Waals surface area (Å²) in [6.07, 6.45) is 1.45. The summed E-state index contributed by atoms with van der Waals surface area (Å²) in [5, 5.41) is 3.10. The number of amides is 1. The molecule has 0 fully saturated rings. The highest BCUT2D eigenvalue weighted by Crippen LogP contribution is 2.31. The van der Waals surface area contributed by atoms with Gasteiger partial charge in [-0.05, 0) is 31.5 Å². The Morgan fingerprint density at radius 3 is 2.56 bits per heavy atom. The minimum Gasteiger partial charge on any atom is -0.342 e. The molecule has 0 saturated carbocycles. The van der Waals surface area contributed by atoms with Gasteiger partial charge in [-0.25, -0.2) is 4.98 Å². The minimum absolute atomic E-state index is 0.000637. The van der Waals surface area contributed by atoms with Crippen LogP contribution in [0, 0.1) is 0 Å². The van der Waals surface area contributed by atoms with Crippen molar-refractivity contribution in [3.8, 4) is 11.1 Å². The Labute approximate surface area is 154 Å². The number of benzene rings is 1. The number of hydrogen-bond donors (Lipinski definition) is 0. The molecule has 0 N–H and O–H groups in total. The Morgan fingerprint density at radius 1 is 1.24 bits per heavy atom. The second-order valence-corrected chi connectivity index (χ2v) is 6.87. The van der Waals surface area contributed by atoms with Crippen LogP contribution >= 0.6 is 22.9 Å². The Hall–Kier alpha value is -2.18. The molecule has 0 radical (unpaired) electrons. The van der Waals surface area contributed by atoms with E-state index >= 15 is 0 Å². The van der Waals surface area contributed by atoms with E-state index < -0.39 is 0 Å². The summed E-state index contributed by atoms with van der Waals surface area (Å²) in [6.45, 7) is 5.08. The van der Waals surface area contributed by atoms with Gasteiger partial charge in [-0.1, -0.05) is 23.7 Å². The van der Waals surface area contributed by atoms with Crippen LogP contribution in [0.5, 0.6) is 0 Å². The number of aromatic nitrogens is 2. The molecule has 2 heterocycles. The third kappa shape index (κ3) is 3.45. The van der Waals surface area contributed by atoms with Crippen LogP contribution in [-0.4, -0.2) is 33.4 Å². The molecule has 0 aliphatic rings. The summed E-state index contributed by atoms with van der Waals surface area (Å²) >= 11 is 7.36. The van der Waals surface area contributed by atoms with Crippen LogP contribution in [0.1, 0.15) is 13.8 Å². The summed E-state index contributed by atoms with van der Waals surface area (Å²) in [6, 6.07) is 7.34. The first-order valence-corrected chi connectivity index (χ1v) is 9.31. The van der Waals surface area contributed by atoms with Gasteiger partial charge in [-0.15, -0.1) is 11.3 Å². The second-order valence-electron chi connectivity index (χ2n) is 5.58. The second kappa shape index (κ2) is 7.37. The van der Waals surface area contributed by atoms with Crippen molar-refractivity contribution < 1.29 is 4.79 Å². The van der Waals surface area contributed by atoms with Crippen molar-refractivity contribution in [2.24, 2.45) is 0 Å². The van der Waals surface area contributed by atoms with Crippen LogP contribution in [0.15, 0.2) is 40.8 Å². The first-order valence-electron chi connectivity index (χ1n) is 8.05. The molecule has 0 bridgehead atoms. The summed E-state index contributed by atoms with van der Waals surface area (Å²) in [7, 11) is 0. The van der Waals surface area contributed by atoms with Gasteiger partial charge in [-0.2, -0.15) is 0 Å². The minimum atomic E-state index is -0.197. The van der Waals surface area contributed by atoms with Gasteiger partial charge in [0.05, 0.1) is 11.7 Å². The van der Waals surface area contributed by atoms with Gasteiger partial charge in [0.15, 0.2) is 0 Å². The predicted molar refractivity (Wildman–Crippen MR) is 102 cm³/mol. The number of nitrogens with zero attached hydrogens (tertiary/aromatic N) is 3. The zero-order valence-corrected chi connectivity index (χ0v) is 15.6. The lowest BCUT2D eigenvalue weighted by atomic mass is 10.1. The maximum atomic E-state index is 12.9. The highest BCUT2D eigenvalue weighted by molar-refractivity contribution is 7.17. The smallest absolute Gasteiger partial charge is 0.263 e. The standard InChI is InChI=1S/C18H18ClN3O2S/c1-3-21(4-2)15(23)9-22-11-20-17-16(18(22)24)14(10-25-17)12-5-7-13(19)8-6-12/h5-8,10-11H,3-4,9H2,1-2H3. The molecule has 0 unspecified atom stereocenters. The van der Waals surface area contributed by atoms with Gasteiger partial charge in [0.2, 0.25) is 5.91 Å². The van der Waals surface area contributed by atoms with E-state index in [1.165, 1.54) is 22.2 Å². The largest absolute Gasteiger partial charge is 0.342 e. The summed E-state index contributed by atoms with van der Waals surface area (Å²) < 4.78 is 1.38. The lowest BCUT2D eigenvalue weighted by Gasteiger charge is -2.18. The number of carbonyl (C=O) groups excluding carboxylic acids is 1. The van der Waals surface area contributed by atoms with Gasteiger partial charge < -0.3 is 4.90 Å². The van der Waals surface area contributed by atoms with Crippen molar-refractivity contribution in [1.29, 1.82) is 0 Å². The fraction of sp³-hybridized carbons (Fsp3) is 0.278. The monoisotopic (exact) mass is 375 g/mol. The van der Waals surface area contributed by atoms with Crippen LogP contribution in [0.25, 0.3) is 21.3 Å². The normalized spacial score (nSPS) is 11.0. The lowest BCUT2D eigenvalue weighted by molar-refractivity contribution is -0.131. The summed E-state index contributed by atoms with van der Waals surface area (Å²) in [4.78, 5) is 32.0. The van der Waals surface area contributed by atoms with Gasteiger partial charge in [0.1, 0.15) is 11.4 Å². The van der Waals surface area contributed by atoms with Crippen molar-refractivity contribution in [3.05, 3.63) is 51.3 Å². The van der Waals surface area contributed by atoms with Crippen LogP contribution in [0.3, 0.4) is 0 Å². The first kappa shape index (κ1) is 17.6. The molecule has 2 aromatic heterocycles. The van der Waals surface area contributed by atoms with Gasteiger partial charge in [0, 0.05) is 29.1 Å². The van der Waals surface area contributed by atoms with E-state index in [4.69, 9.17) is 11.6 Å². The maximum absolute atomic E-state index is 12.9. The van der Waals surface area contributed by atoms with Crippen LogP contribution in [-0.2, 0) is 11.3 Å².